The maximum absolute atomic E-state index is 12.5. The topological polar surface area (TPSA) is 33.2 Å². The lowest BCUT2D eigenvalue weighted by Crippen LogP contribution is -2.32. The third-order valence-corrected chi connectivity index (χ3v) is 4.66. The van der Waals surface area contributed by atoms with Gasteiger partial charge < -0.3 is 4.90 Å². The Morgan fingerprint density at radius 3 is 2.91 bits per heavy atom. The molecule has 0 saturated carbocycles. The molecule has 0 aliphatic rings. The SMILES string of the molecule is CC=CCCC(=O)N(CCc1ccccc1Cl)Cc1nccs1. The number of amides is 1. The molecule has 1 aromatic carbocycles. The number of aromatic nitrogens is 1. The third kappa shape index (κ3) is 5.81. The van der Waals surface area contributed by atoms with Gasteiger partial charge in [-0.3, -0.25) is 4.79 Å². The van der Waals surface area contributed by atoms with E-state index in [0.717, 1.165) is 28.4 Å². The van der Waals surface area contributed by atoms with E-state index in [1.807, 2.05) is 53.6 Å². The van der Waals surface area contributed by atoms with Crippen LogP contribution in [0, 0.1) is 0 Å². The molecule has 1 aromatic heterocycles. The zero-order chi connectivity index (χ0) is 16.5. The van der Waals surface area contributed by atoms with Crippen molar-refractivity contribution < 1.29 is 4.79 Å². The number of carbonyl (C=O) groups excluding carboxylic acids is 1. The van der Waals surface area contributed by atoms with Crippen LogP contribution in [0.1, 0.15) is 30.3 Å². The summed E-state index contributed by atoms with van der Waals surface area (Å²) >= 11 is 7.79. The average molecular weight is 349 g/mol. The molecule has 0 aliphatic heterocycles. The molecule has 0 saturated heterocycles. The van der Waals surface area contributed by atoms with Gasteiger partial charge >= 0.3 is 0 Å². The Morgan fingerprint density at radius 1 is 1.39 bits per heavy atom. The van der Waals surface area contributed by atoms with Crippen LogP contribution < -0.4 is 0 Å². The van der Waals surface area contributed by atoms with E-state index in [1.165, 1.54) is 0 Å². The summed E-state index contributed by atoms with van der Waals surface area (Å²) in [5.41, 5.74) is 1.07. The fraction of sp³-hybridized carbons (Fsp3) is 0.333. The Balaban J connectivity index is 2.00. The maximum Gasteiger partial charge on any atom is 0.223 e. The molecule has 0 N–H and O–H groups in total. The van der Waals surface area contributed by atoms with E-state index < -0.39 is 0 Å². The number of thiazole rings is 1. The van der Waals surface area contributed by atoms with Gasteiger partial charge in [-0.25, -0.2) is 4.98 Å². The Bertz CT molecular complexity index is 640. The summed E-state index contributed by atoms with van der Waals surface area (Å²) in [5.74, 6) is 0.158. The standard InChI is InChI=1S/C18H21ClN2OS/c1-2-3-4-9-18(22)21(14-17-20-11-13-23-17)12-10-15-7-5-6-8-16(15)19/h2-3,5-8,11,13H,4,9-10,12,14H2,1H3. The van der Waals surface area contributed by atoms with Gasteiger partial charge in [0, 0.05) is 29.6 Å². The van der Waals surface area contributed by atoms with Crippen molar-refractivity contribution in [3.63, 3.8) is 0 Å². The van der Waals surface area contributed by atoms with Gasteiger partial charge in [0.1, 0.15) is 5.01 Å². The van der Waals surface area contributed by atoms with Crippen molar-refractivity contribution in [2.24, 2.45) is 0 Å². The molecule has 0 unspecified atom stereocenters. The van der Waals surface area contributed by atoms with Gasteiger partial charge in [-0.15, -0.1) is 11.3 Å². The van der Waals surface area contributed by atoms with Crippen LogP contribution in [-0.2, 0) is 17.8 Å². The van der Waals surface area contributed by atoms with E-state index in [4.69, 9.17) is 11.6 Å². The molecule has 0 fully saturated rings. The number of nitrogens with zero attached hydrogens (tertiary/aromatic N) is 2. The first-order valence-corrected chi connectivity index (χ1v) is 8.97. The normalized spacial score (nSPS) is 11.0. The highest BCUT2D eigenvalue weighted by molar-refractivity contribution is 7.09. The number of allylic oxidation sites excluding steroid dienone is 2. The highest BCUT2D eigenvalue weighted by Gasteiger charge is 2.15. The van der Waals surface area contributed by atoms with Gasteiger partial charge in [0.25, 0.3) is 0 Å². The van der Waals surface area contributed by atoms with Gasteiger partial charge in [-0.2, -0.15) is 0 Å². The summed E-state index contributed by atoms with van der Waals surface area (Å²) in [6.07, 6.45) is 7.82. The minimum absolute atomic E-state index is 0.158. The molecule has 0 radical (unpaired) electrons. The van der Waals surface area contributed by atoms with Crippen molar-refractivity contribution in [2.45, 2.75) is 32.7 Å². The van der Waals surface area contributed by atoms with Gasteiger partial charge in [-0.1, -0.05) is 42.0 Å². The molecular weight excluding hydrogens is 328 g/mol. The molecule has 2 aromatic rings. The number of rotatable bonds is 8. The molecule has 0 bridgehead atoms. The second-order valence-corrected chi connectivity index (χ2v) is 6.58. The van der Waals surface area contributed by atoms with Crippen molar-refractivity contribution in [1.29, 1.82) is 0 Å². The van der Waals surface area contributed by atoms with Crippen molar-refractivity contribution in [2.75, 3.05) is 6.54 Å². The lowest BCUT2D eigenvalue weighted by Gasteiger charge is -2.22. The van der Waals surface area contributed by atoms with Crippen molar-refractivity contribution >= 4 is 28.8 Å². The molecule has 1 heterocycles. The number of hydrogen-bond acceptors (Lipinski definition) is 3. The third-order valence-electron chi connectivity index (χ3n) is 3.53. The predicted molar refractivity (Wildman–Crippen MR) is 96.7 cm³/mol. The summed E-state index contributed by atoms with van der Waals surface area (Å²) < 4.78 is 0. The lowest BCUT2D eigenvalue weighted by atomic mass is 10.1. The van der Waals surface area contributed by atoms with Crippen molar-refractivity contribution in [1.82, 2.24) is 9.88 Å². The molecular formula is C18H21ClN2OS. The number of benzene rings is 1. The van der Waals surface area contributed by atoms with Crippen molar-refractivity contribution in [3.05, 3.63) is 63.6 Å². The van der Waals surface area contributed by atoms with Crippen molar-refractivity contribution in [3.8, 4) is 0 Å². The monoisotopic (exact) mass is 348 g/mol. The van der Waals surface area contributed by atoms with E-state index in [0.29, 0.717) is 19.5 Å². The highest BCUT2D eigenvalue weighted by Crippen LogP contribution is 2.17. The molecule has 3 nitrogen and oxygen atoms in total. The molecule has 5 heteroatoms. The molecule has 0 spiro atoms. The number of hydrogen-bond donors (Lipinski definition) is 0. The molecule has 0 atom stereocenters. The Labute approximate surface area is 146 Å². The van der Waals surface area contributed by atoms with Crippen LogP contribution in [-0.4, -0.2) is 22.3 Å². The van der Waals surface area contributed by atoms with Crippen LogP contribution in [0.25, 0.3) is 0 Å². The summed E-state index contributed by atoms with van der Waals surface area (Å²) in [6.45, 7) is 3.18. The molecule has 122 valence electrons. The summed E-state index contributed by atoms with van der Waals surface area (Å²) in [7, 11) is 0. The molecule has 23 heavy (non-hydrogen) atoms. The maximum atomic E-state index is 12.5. The summed E-state index contributed by atoms with van der Waals surface area (Å²) in [6, 6.07) is 7.78. The smallest absolute Gasteiger partial charge is 0.223 e. The lowest BCUT2D eigenvalue weighted by molar-refractivity contribution is -0.131. The van der Waals surface area contributed by atoms with Crippen LogP contribution in [0.15, 0.2) is 48.0 Å². The van der Waals surface area contributed by atoms with E-state index >= 15 is 0 Å². The molecule has 2 rings (SSSR count). The van der Waals surface area contributed by atoms with Crippen LogP contribution in [0.4, 0.5) is 0 Å². The molecule has 0 aliphatic carbocycles. The van der Waals surface area contributed by atoms with E-state index in [2.05, 4.69) is 4.98 Å². The molecule has 1 amide bonds. The Hall–Kier alpha value is -1.65. The highest BCUT2D eigenvalue weighted by atomic mass is 35.5. The zero-order valence-electron chi connectivity index (χ0n) is 13.2. The van der Waals surface area contributed by atoms with E-state index in [-0.39, 0.29) is 5.91 Å². The van der Waals surface area contributed by atoms with Gasteiger partial charge in [0.2, 0.25) is 5.91 Å². The first kappa shape index (κ1) is 17.7. The first-order valence-electron chi connectivity index (χ1n) is 7.71. The fourth-order valence-electron chi connectivity index (χ4n) is 2.27. The van der Waals surface area contributed by atoms with Crippen LogP contribution in [0.3, 0.4) is 0 Å². The number of halogens is 1. The van der Waals surface area contributed by atoms with E-state index in [1.54, 1.807) is 17.5 Å². The minimum atomic E-state index is 0.158. The Kier molecular flexibility index (Phi) is 7.30. The predicted octanol–water partition coefficient (Wildman–Crippen LogP) is 4.72. The zero-order valence-corrected chi connectivity index (χ0v) is 14.8. The summed E-state index contributed by atoms with van der Waals surface area (Å²) in [5, 5.41) is 3.65. The first-order chi connectivity index (χ1) is 11.2. The minimum Gasteiger partial charge on any atom is -0.336 e. The van der Waals surface area contributed by atoms with Gasteiger partial charge in [0.15, 0.2) is 0 Å². The largest absolute Gasteiger partial charge is 0.336 e. The van der Waals surface area contributed by atoms with Gasteiger partial charge in [0.05, 0.1) is 6.54 Å². The second kappa shape index (κ2) is 9.48. The van der Waals surface area contributed by atoms with Crippen LogP contribution in [0.5, 0.6) is 0 Å². The van der Waals surface area contributed by atoms with Crippen LogP contribution >= 0.6 is 22.9 Å². The quantitative estimate of drug-likeness (QED) is 0.646. The Morgan fingerprint density at radius 2 is 2.22 bits per heavy atom. The van der Waals surface area contributed by atoms with Crippen LogP contribution in [0.2, 0.25) is 5.02 Å². The van der Waals surface area contributed by atoms with Gasteiger partial charge in [-0.05, 0) is 31.4 Å². The second-order valence-electron chi connectivity index (χ2n) is 5.19. The fourth-order valence-corrected chi connectivity index (χ4v) is 3.14. The summed E-state index contributed by atoms with van der Waals surface area (Å²) in [4.78, 5) is 18.7. The average Bonchev–Trinajstić information content (AvgIpc) is 3.06. The van der Waals surface area contributed by atoms with E-state index in [9.17, 15) is 4.79 Å². The number of carbonyl (C=O) groups is 1.